The molecule has 0 bridgehead atoms. The van der Waals surface area contributed by atoms with Crippen LogP contribution in [-0.4, -0.2) is 35.0 Å². The van der Waals surface area contributed by atoms with Crippen molar-refractivity contribution >= 4 is 17.3 Å². The number of aromatic nitrogens is 2. The Kier molecular flexibility index (Phi) is 4.35. The van der Waals surface area contributed by atoms with Gasteiger partial charge in [0.15, 0.2) is 0 Å². The molecule has 0 amide bonds. The summed E-state index contributed by atoms with van der Waals surface area (Å²) in [5.41, 5.74) is -0.356. The molecule has 0 fully saturated rings. The molecule has 1 aromatic rings. The van der Waals surface area contributed by atoms with Gasteiger partial charge in [-0.25, -0.2) is 9.97 Å². The van der Waals surface area contributed by atoms with Crippen molar-refractivity contribution in [2.75, 3.05) is 30.4 Å². The van der Waals surface area contributed by atoms with Crippen LogP contribution in [0.4, 0.5) is 17.3 Å². The Balaban J connectivity index is 3.34. The molecule has 92 valence electrons. The van der Waals surface area contributed by atoms with Crippen molar-refractivity contribution in [3.8, 4) is 12.1 Å². The maximum absolute atomic E-state index is 11.0. The van der Waals surface area contributed by atoms with Crippen molar-refractivity contribution in [1.29, 1.82) is 10.5 Å². The van der Waals surface area contributed by atoms with Crippen LogP contribution in [0.5, 0.6) is 0 Å². The van der Waals surface area contributed by atoms with Gasteiger partial charge in [-0.2, -0.15) is 10.5 Å². The molecular formula is C9H9N7O2. The first-order valence-electron chi connectivity index (χ1n) is 4.81. The maximum atomic E-state index is 11.0. The molecule has 0 saturated heterocycles. The summed E-state index contributed by atoms with van der Waals surface area (Å²) in [4.78, 5) is 19.1. The quantitative estimate of drug-likeness (QED) is 0.445. The Labute approximate surface area is 102 Å². The molecule has 0 radical (unpaired) electrons. The molecule has 0 aromatic carbocycles. The largest absolute Gasteiger partial charge is 0.367 e. The Morgan fingerprint density at radius 2 is 2.06 bits per heavy atom. The molecule has 0 spiro atoms. The van der Waals surface area contributed by atoms with Gasteiger partial charge in [-0.15, -0.1) is 0 Å². The molecule has 1 aromatic heterocycles. The minimum absolute atomic E-state index is 0.0332. The van der Waals surface area contributed by atoms with E-state index in [-0.39, 0.29) is 30.4 Å². The van der Waals surface area contributed by atoms with Crippen molar-refractivity contribution in [2.45, 2.75) is 0 Å². The number of nitrogens with one attached hydrogen (secondary N) is 1. The summed E-state index contributed by atoms with van der Waals surface area (Å²) in [5.74, 6) is -0.0201. The minimum Gasteiger partial charge on any atom is -0.367 e. The zero-order valence-electron chi connectivity index (χ0n) is 9.49. The van der Waals surface area contributed by atoms with Gasteiger partial charge in [0.05, 0.1) is 17.1 Å². The van der Waals surface area contributed by atoms with E-state index in [4.69, 9.17) is 10.5 Å². The smallest absolute Gasteiger partial charge is 0.353 e. The van der Waals surface area contributed by atoms with E-state index in [0.717, 1.165) is 6.33 Å². The van der Waals surface area contributed by atoms with Crippen molar-refractivity contribution in [3.63, 3.8) is 0 Å². The number of hydrogen-bond donors (Lipinski definition) is 1. The van der Waals surface area contributed by atoms with Gasteiger partial charge in [-0.05, 0) is 0 Å². The molecule has 0 aliphatic carbocycles. The highest BCUT2D eigenvalue weighted by Gasteiger charge is 2.26. The molecule has 0 saturated carbocycles. The van der Waals surface area contributed by atoms with E-state index in [0.29, 0.717) is 0 Å². The molecule has 0 atom stereocenters. The van der Waals surface area contributed by atoms with Crippen LogP contribution < -0.4 is 10.2 Å². The fourth-order valence-corrected chi connectivity index (χ4v) is 1.33. The summed E-state index contributed by atoms with van der Waals surface area (Å²) in [6, 6.07) is 3.65. The van der Waals surface area contributed by atoms with E-state index in [1.54, 1.807) is 0 Å². The Hall–Kier alpha value is -2.94. The molecule has 0 aliphatic rings. The molecule has 1 rings (SSSR count). The monoisotopic (exact) mass is 247 g/mol. The van der Waals surface area contributed by atoms with Crippen LogP contribution in [0, 0.1) is 32.8 Å². The molecule has 0 unspecified atom stereocenters. The number of rotatable bonds is 5. The summed E-state index contributed by atoms with van der Waals surface area (Å²) in [6.07, 6.45) is 1.13. The summed E-state index contributed by atoms with van der Waals surface area (Å²) in [7, 11) is 1.48. The zero-order valence-corrected chi connectivity index (χ0v) is 9.49. The van der Waals surface area contributed by atoms with Crippen molar-refractivity contribution in [2.24, 2.45) is 0 Å². The lowest BCUT2D eigenvalue weighted by molar-refractivity contribution is -0.383. The van der Waals surface area contributed by atoms with Crippen LogP contribution in [0.2, 0.25) is 0 Å². The van der Waals surface area contributed by atoms with Crippen LogP contribution >= 0.6 is 0 Å². The van der Waals surface area contributed by atoms with Crippen LogP contribution in [0.1, 0.15) is 0 Å². The van der Waals surface area contributed by atoms with Gasteiger partial charge in [-0.3, -0.25) is 10.1 Å². The Morgan fingerprint density at radius 3 is 2.50 bits per heavy atom. The zero-order chi connectivity index (χ0) is 13.5. The normalized spacial score (nSPS) is 9.06. The molecule has 1 heterocycles. The lowest BCUT2D eigenvalue weighted by atomic mass is 10.3. The Morgan fingerprint density at radius 1 is 1.44 bits per heavy atom. The van der Waals surface area contributed by atoms with Crippen molar-refractivity contribution in [1.82, 2.24) is 9.97 Å². The van der Waals surface area contributed by atoms with Crippen LogP contribution in [0.25, 0.3) is 0 Å². The molecule has 9 heteroatoms. The maximum Gasteiger partial charge on any atom is 0.353 e. The Bertz CT molecular complexity index is 515. The van der Waals surface area contributed by atoms with Gasteiger partial charge < -0.3 is 10.2 Å². The van der Waals surface area contributed by atoms with E-state index in [1.807, 2.05) is 12.1 Å². The average molecular weight is 247 g/mol. The highest BCUT2D eigenvalue weighted by Crippen LogP contribution is 2.30. The SMILES string of the molecule is CNc1ncnc(N(CC#N)CC#N)c1[N+](=O)[O-]. The third kappa shape index (κ3) is 2.59. The molecular weight excluding hydrogens is 238 g/mol. The predicted octanol–water partition coefficient (Wildman–Crippen LogP) is 0.280. The number of anilines is 2. The summed E-state index contributed by atoms with van der Waals surface area (Å²) in [6.45, 7) is -0.344. The first kappa shape index (κ1) is 13.1. The number of nitro groups is 1. The van der Waals surface area contributed by atoms with Crippen molar-refractivity contribution < 1.29 is 4.92 Å². The summed E-state index contributed by atoms with van der Waals surface area (Å²) in [5, 5.41) is 30.9. The number of hydrogen-bond acceptors (Lipinski definition) is 8. The van der Waals surface area contributed by atoms with Gasteiger partial charge in [0, 0.05) is 7.05 Å². The summed E-state index contributed by atoms with van der Waals surface area (Å²) >= 11 is 0. The van der Waals surface area contributed by atoms with E-state index >= 15 is 0 Å². The topological polar surface area (TPSA) is 132 Å². The second-order valence-electron chi connectivity index (χ2n) is 3.07. The van der Waals surface area contributed by atoms with E-state index in [9.17, 15) is 10.1 Å². The third-order valence-corrected chi connectivity index (χ3v) is 2.05. The highest BCUT2D eigenvalue weighted by molar-refractivity contribution is 5.70. The first-order chi connectivity index (χ1) is 8.65. The van der Waals surface area contributed by atoms with Gasteiger partial charge >= 0.3 is 5.69 Å². The predicted molar refractivity (Wildman–Crippen MR) is 61.7 cm³/mol. The van der Waals surface area contributed by atoms with Gasteiger partial charge in [-0.1, -0.05) is 0 Å². The van der Waals surface area contributed by atoms with Gasteiger partial charge in [0.25, 0.3) is 0 Å². The first-order valence-corrected chi connectivity index (χ1v) is 4.81. The van der Waals surface area contributed by atoms with Crippen LogP contribution in [0.3, 0.4) is 0 Å². The lowest BCUT2D eigenvalue weighted by Gasteiger charge is -2.16. The average Bonchev–Trinajstić information content (AvgIpc) is 2.37. The second-order valence-corrected chi connectivity index (χ2v) is 3.07. The molecule has 0 aliphatic heterocycles. The van der Waals surface area contributed by atoms with E-state index < -0.39 is 4.92 Å². The van der Waals surface area contributed by atoms with Gasteiger partial charge in [0.1, 0.15) is 19.4 Å². The number of nitrogens with zero attached hydrogens (tertiary/aromatic N) is 6. The van der Waals surface area contributed by atoms with Gasteiger partial charge in [0.2, 0.25) is 11.6 Å². The minimum atomic E-state index is -0.650. The summed E-state index contributed by atoms with van der Waals surface area (Å²) < 4.78 is 0. The van der Waals surface area contributed by atoms with E-state index in [1.165, 1.54) is 11.9 Å². The van der Waals surface area contributed by atoms with E-state index in [2.05, 4.69) is 15.3 Å². The molecule has 18 heavy (non-hydrogen) atoms. The molecule has 9 nitrogen and oxygen atoms in total. The fourth-order valence-electron chi connectivity index (χ4n) is 1.33. The fraction of sp³-hybridized carbons (Fsp3) is 0.333. The third-order valence-electron chi connectivity index (χ3n) is 2.05. The highest BCUT2D eigenvalue weighted by atomic mass is 16.6. The molecule has 1 N–H and O–H groups in total. The van der Waals surface area contributed by atoms with Crippen LogP contribution in [0.15, 0.2) is 6.33 Å². The standard InChI is InChI=1S/C9H9N7O2/c1-12-8-7(16(17)18)9(14-6-13-8)15(4-2-10)5-3-11/h6H,4-5H2,1H3,(H,12,13,14). The number of nitriles is 2. The van der Waals surface area contributed by atoms with Crippen molar-refractivity contribution in [3.05, 3.63) is 16.4 Å². The lowest BCUT2D eigenvalue weighted by Crippen LogP contribution is -2.26. The van der Waals surface area contributed by atoms with Crippen LogP contribution in [-0.2, 0) is 0 Å². The second kappa shape index (κ2) is 5.96.